The third-order valence-electron chi connectivity index (χ3n) is 4.92. The molecule has 0 aromatic heterocycles. The van der Waals surface area contributed by atoms with E-state index in [1.165, 1.54) is 6.92 Å². The first-order chi connectivity index (χ1) is 13.3. The van der Waals surface area contributed by atoms with Crippen molar-refractivity contribution < 1.29 is 33.7 Å². The van der Waals surface area contributed by atoms with Crippen LogP contribution < -0.4 is 4.74 Å². The van der Waals surface area contributed by atoms with Crippen LogP contribution in [0.5, 0.6) is 5.75 Å². The molecule has 0 radical (unpaired) electrons. The smallest absolute Gasteiger partial charge is 0.317 e. The monoisotopic (exact) mass is 392 g/mol. The van der Waals surface area contributed by atoms with E-state index >= 15 is 0 Å². The predicted octanol–water partition coefficient (Wildman–Crippen LogP) is 2.25. The fourth-order valence-corrected chi connectivity index (χ4v) is 3.83. The van der Waals surface area contributed by atoms with Crippen molar-refractivity contribution in [1.29, 1.82) is 0 Å². The normalized spacial score (nSPS) is 27.2. The van der Waals surface area contributed by atoms with Crippen molar-refractivity contribution in [1.82, 2.24) is 0 Å². The average Bonchev–Trinajstić information content (AvgIpc) is 2.61. The van der Waals surface area contributed by atoms with E-state index in [9.17, 15) is 19.5 Å². The zero-order valence-electron chi connectivity index (χ0n) is 16.8. The van der Waals surface area contributed by atoms with Gasteiger partial charge in [-0.1, -0.05) is 12.1 Å². The molecule has 1 aromatic rings. The van der Waals surface area contributed by atoms with Gasteiger partial charge in [0.2, 0.25) is 0 Å². The number of esters is 2. The third kappa shape index (κ3) is 4.52. The quantitative estimate of drug-likeness (QED) is 0.561. The van der Waals surface area contributed by atoms with Gasteiger partial charge in [0.15, 0.2) is 5.78 Å². The van der Waals surface area contributed by atoms with E-state index in [4.69, 9.17) is 14.2 Å². The predicted molar refractivity (Wildman–Crippen MR) is 101 cm³/mol. The number of benzene rings is 1. The maximum absolute atomic E-state index is 12.8. The van der Waals surface area contributed by atoms with E-state index in [1.54, 1.807) is 38.1 Å². The molecule has 0 bridgehead atoms. The number of carbonyl (C=O) groups is 3. The minimum atomic E-state index is -1.64. The molecule has 1 saturated carbocycles. The van der Waals surface area contributed by atoms with Crippen LogP contribution in [-0.2, 0) is 23.9 Å². The number of hydrogen-bond donors (Lipinski definition) is 1. The summed E-state index contributed by atoms with van der Waals surface area (Å²) in [5.74, 6) is -4.34. The molecule has 7 heteroatoms. The largest absolute Gasteiger partial charge is 0.494 e. The second-order valence-corrected chi connectivity index (χ2v) is 6.99. The molecule has 154 valence electrons. The van der Waals surface area contributed by atoms with E-state index in [0.29, 0.717) is 17.9 Å². The van der Waals surface area contributed by atoms with Crippen molar-refractivity contribution in [2.24, 2.45) is 11.8 Å². The average molecular weight is 392 g/mol. The molecule has 1 aromatic carbocycles. The number of aliphatic hydroxyl groups is 1. The standard InChI is InChI=1S/C21H28O7/c1-5-26-14-10-8-13(9-11-14)16-17(19(23)27-6-2)15(22)12-21(4,25)18(16)20(24)28-7-3/h8-11,16-18,25H,5-7,12H2,1-4H3/t16-,17+,18+,21-/m1/s1. The Hall–Kier alpha value is -2.41. The lowest BCUT2D eigenvalue weighted by molar-refractivity contribution is -0.172. The third-order valence-corrected chi connectivity index (χ3v) is 4.92. The Bertz CT molecular complexity index is 708. The number of carbonyl (C=O) groups excluding carboxylic acids is 3. The lowest BCUT2D eigenvalue weighted by Gasteiger charge is -2.43. The van der Waals surface area contributed by atoms with Gasteiger partial charge in [-0.3, -0.25) is 14.4 Å². The molecule has 0 saturated heterocycles. The summed E-state index contributed by atoms with van der Waals surface area (Å²) < 4.78 is 15.7. The Kier molecular flexibility index (Phi) is 7.18. The molecule has 28 heavy (non-hydrogen) atoms. The Labute approximate surface area is 165 Å². The summed E-state index contributed by atoms with van der Waals surface area (Å²) in [6.45, 7) is 7.32. The van der Waals surface area contributed by atoms with Gasteiger partial charge < -0.3 is 19.3 Å². The van der Waals surface area contributed by atoms with E-state index in [1.807, 2.05) is 6.92 Å². The topological polar surface area (TPSA) is 99.1 Å². The minimum Gasteiger partial charge on any atom is -0.494 e. The molecular formula is C21H28O7. The van der Waals surface area contributed by atoms with Crippen LogP contribution in [0.3, 0.4) is 0 Å². The summed E-state index contributed by atoms with van der Waals surface area (Å²) in [6, 6.07) is 6.81. The van der Waals surface area contributed by atoms with Gasteiger partial charge in [-0.2, -0.15) is 0 Å². The second-order valence-electron chi connectivity index (χ2n) is 6.99. The van der Waals surface area contributed by atoms with Crippen LogP contribution in [-0.4, -0.2) is 48.3 Å². The van der Waals surface area contributed by atoms with Crippen molar-refractivity contribution in [2.45, 2.75) is 45.6 Å². The molecule has 1 aliphatic carbocycles. The molecule has 0 amide bonds. The van der Waals surface area contributed by atoms with E-state index in [-0.39, 0.29) is 19.6 Å². The Morgan fingerprint density at radius 2 is 1.61 bits per heavy atom. The summed E-state index contributed by atoms with van der Waals surface area (Å²) in [5.41, 5.74) is -1.08. The first-order valence-corrected chi connectivity index (χ1v) is 9.57. The fourth-order valence-electron chi connectivity index (χ4n) is 3.83. The fraction of sp³-hybridized carbons (Fsp3) is 0.571. The SMILES string of the molecule is CCOC(=O)[C@H]1C(=O)C[C@@](C)(O)[C@H](C(=O)OCC)[C@@H]1c1ccc(OCC)cc1. The van der Waals surface area contributed by atoms with Crippen molar-refractivity contribution in [3.8, 4) is 5.75 Å². The number of ether oxygens (including phenoxy) is 3. The second kappa shape index (κ2) is 9.19. The highest BCUT2D eigenvalue weighted by Gasteiger charge is 2.57. The maximum atomic E-state index is 12.8. The summed E-state index contributed by atoms with van der Waals surface area (Å²) in [4.78, 5) is 38.1. The van der Waals surface area contributed by atoms with Crippen molar-refractivity contribution in [2.75, 3.05) is 19.8 Å². The Balaban J connectivity index is 2.56. The summed E-state index contributed by atoms with van der Waals surface area (Å²) in [7, 11) is 0. The molecule has 0 unspecified atom stereocenters. The molecule has 7 nitrogen and oxygen atoms in total. The van der Waals surface area contributed by atoms with Gasteiger partial charge in [0.1, 0.15) is 11.7 Å². The highest BCUT2D eigenvalue weighted by molar-refractivity contribution is 6.02. The molecule has 1 fully saturated rings. The van der Waals surface area contributed by atoms with Crippen molar-refractivity contribution >= 4 is 17.7 Å². The first-order valence-electron chi connectivity index (χ1n) is 9.57. The highest BCUT2D eigenvalue weighted by Crippen LogP contribution is 2.46. The molecule has 1 aliphatic rings. The van der Waals surface area contributed by atoms with Crippen LogP contribution in [0, 0.1) is 11.8 Å². The van der Waals surface area contributed by atoms with E-state index in [0.717, 1.165) is 0 Å². The van der Waals surface area contributed by atoms with Crippen molar-refractivity contribution in [3.63, 3.8) is 0 Å². The van der Waals surface area contributed by atoms with Gasteiger partial charge in [0, 0.05) is 12.3 Å². The minimum absolute atomic E-state index is 0.110. The molecule has 2 rings (SSSR count). The summed E-state index contributed by atoms with van der Waals surface area (Å²) in [6.07, 6.45) is -0.326. The lowest BCUT2D eigenvalue weighted by atomic mass is 9.61. The van der Waals surface area contributed by atoms with Crippen LogP contribution in [0.2, 0.25) is 0 Å². The Morgan fingerprint density at radius 1 is 1.04 bits per heavy atom. The molecule has 0 spiro atoms. The van der Waals surface area contributed by atoms with Gasteiger partial charge in [-0.05, 0) is 45.4 Å². The maximum Gasteiger partial charge on any atom is 0.317 e. The molecule has 0 aliphatic heterocycles. The number of hydrogen-bond acceptors (Lipinski definition) is 7. The van der Waals surface area contributed by atoms with E-state index < -0.39 is 41.1 Å². The number of ketones is 1. The Morgan fingerprint density at radius 3 is 2.14 bits per heavy atom. The summed E-state index contributed by atoms with van der Waals surface area (Å²) in [5, 5.41) is 10.9. The van der Waals surface area contributed by atoms with E-state index in [2.05, 4.69) is 0 Å². The molecule has 1 N–H and O–H groups in total. The van der Waals surface area contributed by atoms with Crippen LogP contribution in [0.4, 0.5) is 0 Å². The molecular weight excluding hydrogens is 364 g/mol. The van der Waals surface area contributed by atoms with Gasteiger partial charge in [0.25, 0.3) is 0 Å². The zero-order chi connectivity index (χ0) is 20.9. The van der Waals surface area contributed by atoms with Crippen LogP contribution in [0.1, 0.15) is 45.6 Å². The number of rotatable bonds is 7. The van der Waals surface area contributed by atoms with Crippen LogP contribution in [0.15, 0.2) is 24.3 Å². The van der Waals surface area contributed by atoms with Crippen LogP contribution in [0.25, 0.3) is 0 Å². The lowest BCUT2D eigenvalue weighted by Crippen LogP contribution is -2.55. The van der Waals surface area contributed by atoms with Crippen molar-refractivity contribution in [3.05, 3.63) is 29.8 Å². The summed E-state index contributed by atoms with van der Waals surface area (Å²) >= 11 is 0. The van der Waals surface area contributed by atoms with Gasteiger partial charge in [-0.15, -0.1) is 0 Å². The van der Waals surface area contributed by atoms with Gasteiger partial charge in [-0.25, -0.2) is 0 Å². The van der Waals surface area contributed by atoms with Gasteiger partial charge >= 0.3 is 11.9 Å². The first kappa shape index (κ1) is 21.9. The molecule has 0 heterocycles. The van der Waals surface area contributed by atoms with Crippen LogP contribution >= 0.6 is 0 Å². The number of Topliss-reactive ketones (excluding diaryl/α,β-unsaturated/α-hetero) is 1. The highest BCUT2D eigenvalue weighted by atomic mass is 16.5. The van der Waals surface area contributed by atoms with Gasteiger partial charge in [0.05, 0.1) is 31.3 Å². The zero-order valence-corrected chi connectivity index (χ0v) is 16.8. The molecule has 4 atom stereocenters.